The number of para-hydroxylation sites is 1. The number of carbonyl (C=O) groups is 1. The van der Waals surface area contributed by atoms with Gasteiger partial charge in [0.2, 0.25) is 0 Å². The maximum absolute atomic E-state index is 13.0. The van der Waals surface area contributed by atoms with Gasteiger partial charge in [0.15, 0.2) is 11.3 Å². The second-order valence-electron chi connectivity index (χ2n) is 7.19. The van der Waals surface area contributed by atoms with Crippen LogP contribution >= 0.6 is 0 Å². The highest BCUT2D eigenvalue weighted by Gasteiger charge is 2.22. The number of nitrogens with one attached hydrogen (secondary N) is 1. The number of pyridine rings is 1. The maximum Gasteiger partial charge on any atom is 0.256 e. The van der Waals surface area contributed by atoms with Crippen LogP contribution in [-0.4, -0.2) is 17.5 Å². The van der Waals surface area contributed by atoms with Gasteiger partial charge in [-0.05, 0) is 42.7 Å². The topological polar surface area (TPSA) is 64.4 Å². The molecule has 5 heteroatoms. The maximum atomic E-state index is 13.0. The molecule has 2 aromatic carbocycles. The summed E-state index contributed by atoms with van der Waals surface area (Å²) in [6.45, 7) is 0.665. The number of furan rings is 1. The van der Waals surface area contributed by atoms with Crippen LogP contribution in [0.25, 0.3) is 21.9 Å². The lowest BCUT2D eigenvalue weighted by Gasteiger charge is -2.10. The van der Waals surface area contributed by atoms with Crippen LogP contribution in [0.4, 0.5) is 5.69 Å². The van der Waals surface area contributed by atoms with E-state index in [1.54, 1.807) is 18.5 Å². The molecule has 2 aromatic heterocycles. The molecular formula is C23H20N2O3. The van der Waals surface area contributed by atoms with Gasteiger partial charge in [0.25, 0.3) is 5.91 Å². The number of carbonyl (C=O) groups excluding carboxylic acids is 1. The van der Waals surface area contributed by atoms with Crippen LogP contribution < -0.4 is 10.1 Å². The molecule has 28 heavy (non-hydrogen) atoms. The molecule has 0 spiro atoms. The van der Waals surface area contributed by atoms with E-state index < -0.39 is 0 Å². The van der Waals surface area contributed by atoms with Gasteiger partial charge in [-0.3, -0.25) is 9.78 Å². The molecular weight excluding hydrogens is 352 g/mol. The Bertz CT molecular complexity index is 1150. The minimum Gasteiger partial charge on any atom is -0.490 e. The molecule has 0 aliphatic heterocycles. The molecule has 5 nitrogen and oxygen atoms in total. The number of nitrogens with zero attached hydrogens (tertiary/aromatic N) is 1. The first-order chi connectivity index (χ1) is 13.8. The number of amides is 1. The molecule has 0 saturated heterocycles. The number of anilines is 1. The average Bonchev–Trinajstić information content (AvgIpc) is 3.46. The number of hydrogen-bond acceptors (Lipinski definition) is 4. The third-order valence-electron chi connectivity index (χ3n) is 5.13. The molecule has 0 atom stereocenters. The Balaban J connectivity index is 1.55. The van der Waals surface area contributed by atoms with E-state index in [1.165, 1.54) is 12.8 Å². The van der Waals surface area contributed by atoms with E-state index in [9.17, 15) is 4.79 Å². The Morgan fingerprint density at radius 2 is 2.04 bits per heavy atom. The summed E-state index contributed by atoms with van der Waals surface area (Å²) in [5, 5.41) is 4.59. The van der Waals surface area contributed by atoms with Crippen molar-refractivity contribution in [1.29, 1.82) is 0 Å². The molecule has 0 bridgehead atoms. The van der Waals surface area contributed by atoms with Gasteiger partial charge in [-0.15, -0.1) is 0 Å². The van der Waals surface area contributed by atoms with E-state index in [-0.39, 0.29) is 5.91 Å². The van der Waals surface area contributed by atoms with Crippen molar-refractivity contribution in [2.75, 3.05) is 11.9 Å². The van der Waals surface area contributed by atoms with Crippen LogP contribution in [-0.2, 0) is 0 Å². The number of benzene rings is 2. The van der Waals surface area contributed by atoms with Gasteiger partial charge in [0.1, 0.15) is 5.58 Å². The van der Waals surface area contributed by atoms with Crippen molar-refractivity contribution in [2.24, 2.45) is 5.92 Å². The highest BCUT2D eigenvalue weighted by Crippen LogP contribution is 2.38. The summed E-state index contributed by atoms with van der Waals surface area (Å²) in [4.78, 5) is 17.0. The van der Waals surface area contributed by atoms with Gasteiger partial charge in [-0.1, -0.05) is 31.0 Å². The van der Waals surface area contributed by atoms with E-state index in [0.29, 0.717) is 29.2 Å². The number of rotatable bonds is 6. The highest BCUT2D eigenvalue weighted by atomic mass is 16.5. The number of fused-ring (bicyclic) bond motifs is 3. The summed E-state index contributed by atoms with van der Waals surface area (Å²) in [7, 11) is 0. The lowest BCUT2D eigenvalue weighted by atomic mass is 10.0. The molecule has 1 N–H and O–H groups in total. The molecule has 140 valence electrons. The summed E-state index contributed by atoms with van der Waals surface area (Å²) in [5.41, 5.74) is 2.57. The van der Waals surface area contributed by atoms with E-state index >= 15 is 0 Å². The summed E-state index contributed by atoms with van der Waals surface area (Å²) >= 11 is 0. The zero-order chi connectivity index (χ0) is 18.9. The third kappa shape index (κ3) is 3.20. The zero-order valence-corrected chi connectivity index (χ0v) is 15.4. The summed E-state index contributed by atoms with van der Waals surface area (Å²) in [6, 6.07) is 15.0. The predicted molar refractivity (Wildman–Crippen MR) is 109 cm³/mol. The number of ether oxygens (including phenoxy) is 1. The SMILES string of the molecule is O=C(Nc1cccnc1)c1ccc(OCCC2CC2)c2oc3ccccc3c12. The standard InChI is InChI=1S/C23H20N2O3/c26-23(25-16-4-3-12-24-14-16)18-9-10-20(27-13-11-15-7-8-15)22-21(18)17-5-1-2-6-19(17)28-22/h1-6,9-10,12,14-15H,7-8,11,13H2,(H,25,26). The quantitative estimate of drug-likeness (QED) is 0.491. The van der Waals surface area contributed by atoms with Crippen LogP contribution in [0.1, 0.15) is 29.6 Å². The van der Waals surface area contributed by atoms with Crippen LogP contribution in [0.5, 0.6) is 5.75 Å². The molecule has 0 unspecified atom stereocenters. The Hall–Kier alpha value is -3.34. The zero-order valence-electron chi connectivity index (χ0n) is 15.4. The summed E-state index contributed by atoms with van der Waals surface area (Å²) in [5.74, 6) is 1.29. The van der Waals surface area contributed by atoms with Gasteiger partial charge < -0.3 is 14.5 Å². The van der Waals surface area contributed by atoms with Gasteiger partial charge >= 0.3 is 0 Å². The Morgan fingerprint density at radius 3 is 2.86 bits per heavy atom. The van der Waals surface area contributed by atoms with Gasteiger partial charge in [-0.25, -0.2) is 0 Å². The van der Waals surface area contributed by atoms with Gasteiger partial charge in [0.05, 0.1) is 24.1 Å². The second kappa shape index (κ2) is 7.00. The first kappa shape index (κ1) is 16.8. The van der Waals surface area contributed by atoms with E-state index in [2.05, 4.69) is 10.3 Å². The average molecular weight is 372 g/mol. The van der Waals surface area contributed by atoms with Crippen molar-refractivity contribution in [2.45, 2.75) is 19.3 Å². The largest absolute Gasteiger partial charge is 0.490 e. The van der Waals surface area contributed by atoms with Crippen molar-refractivity contribution >= 4 is 33.5 Å². The molecule has 5 rings (SSSR count). The van der Waals surface area contributed by atoms with Crippen LogP contribution in [0.3, 0.4) is 0 Å². The fourth-order valence-corrected chi connectivity index (χ4v) is 3.48. The Labute approximate surface area is 162 Å². The summed E-state index contributed by atoms with van der Waals surface area (Å²) < 4.78 is 12.1. The first-order valence-corrected chi connectivity index (χ1v) is 9.58. The van der Waals surface area contributed by atoms with Crippen LogP contribution in [0.15, 0.2) is 65.3 Å². The molecule has 1 fully saturated rings. The molecule has 0 radical (unpaired) electrons. The van der Waals surface area contributed by atoms with Crippen molar-refractivity contribution in [3.63, 3.8) is 0 Å². The van der Waals surface area contributed by atoms with Crippen LogP contribution in [0, 0.1) is 5.92 Å². The molecule has 1 amide bonds. The fraction of sp³-hybridized carbons (Fsp3) is 0.217. The highest BCUT2D eigenvalue weighted by molar-refractivity contribution is 6.20. The molecule has 2 heterocycles. The Morgan fingerprint density at radius 1 is 1.14 bits per heavy atom. The summed E-state index contributed by atoms with van der Waals surface area (Å²) in [6.07, 6.45) is 6.96. The van der Waals surface area contributed by atoms with Crippen LogP contribution in [0.2, 0.25) is 0 Å². The van der Waals surface area contributed by atoms with Gasteiger partial charge in [0, 0.05) is 17.0 Å². The van der Waals surface area contributed by atoms with Crippen molar-refractivity contribution < 1.29 is 13.9 Å². The van der Waals surface area contributed by atoms with Crippen molar-refractivity contribution in [3.05, 3.63) is 66.5 Å². The van der Waals surface area contributed by atoms with Crippen molar-refractivity contribution in [1.82, 2.24) is 4.98 Å². The van der Waals surface area contributed by atoms with E-state index in [0.717, 1.165) is 28.7 Å². The smallest absolute Gasteiger partial charge is 0.256 e. The number of aromatic nitrogens is 1. The minimum absolute atomic E-state index is 0.200. The predicted octanol–water partition coefficient (Wildman–Crippen LogP) is 5.41. The van der Waals surface area contributed by atoms with E-state index in [4.69, 9.17) is 9.15 Å². The molecule has 4 aromatic rings. The molecule has 1 aliphatic carbocycles. The lowest BCUT2D eigenvalue weighted by Crippen LogP contribution is -2.12. The lowest BCUT2D eigenvalue weighted by molar-refractivity contribution is 0.102. The fourth-order valence-electron chi connectivity index (χ4n) is 3.48. The Kier molecular flexibility index (Phi) is 4.20. The normalized spacial score (nSPS) is 13.7. The first-order valence-electron chi connectivity index (χ1n) is 9.58. The minimum atomic E-state index is -0.200. The molecule has 1 aliphatic rings. The third-order valence-corrected chi connectivity index (χ3v) is 5.13. The number of hydrogen-bond donors (Lipinski definition) is 1. The molecule has 1 saturated carbocycles. The van der Waals surface area contributed by atoms with E-state index in [1.807, 2.05) is 42.5 Å². The van der Waals surface area contributed by atoms with Crippen molar-refractivity contribution in [3.8, 4) is 5.75 Å². The second-order valence-corrected chi connectivity index (χ2v) is 7.19. The van der Waals surface area contributed by atoms with Gasteiger partial charge in [-0.2, -0.15) is 0 Å². The monoisotopic (exact) mass is 372 g/mol.